The summed E-state index contributed by atoms with van der Waals surface area (Å²) in [6.45, 7) is 2.56. The van der Waals surface area contributed by atoms with Crippen LogP contribution in [-0.4, -0.2) is 31.7 Å². The van der Waals surface area contributed by atoms with E-state index in [9.17, 15) is 0 Å². The highest BCUT2D eigenvalue weighted by Crippen LogP contribution is 2.27. The quantitative estimate of drug-likeness (QED) is 0.809. The maximum atomic E-state index is 5.67. The molecule has 0 aliphatic carbocycles. The summed E-state index contributed by atoms with van der Waals surface area (Å²) in [6, 6.07) is 12.2. The minimum Gasteiger partial charge on any atom is -0.495 e. The van der Waals surface area contributed by atoms with Gasteiger partial charge in [-0.2, -0.15) is 0 Å². The van der Waals surface area contributed by atoms with Crippen LogP contribution in [0.1, 0.15) is 12.0 Å². The van der Waals surface area contributed by atoms with Gasteiger partial charge in [-0.1, -0.05) is 12.1 Å². The van der Waals surface area contributed by atoms with Crippen LogP contribution in [0.2, 0.25) is 0 Å². The molecule has 2 aromatic rings. The lowest BCUT2D eigenvalue weighted by Gasteiger charge is -2.26. The van der Waals surface area contributed by atoms with Crippen molar-refractivity contribution in [2.75, 3.05) is 31.6 Å². The molecule has 1 heterocycles. The van der Waals surface area contributed by atoms with Crippen molar-refractivity contribution in [3.05, 3.63) is 54.4 Å². The van der Waals surface area contributed by atoms with Crippen molar-refractivity contribution in [3.63, 3.8) is 0 Å². The normalized spacial score (nSPS) is 10.4. The fourth-order valence-corrected chi connectivity index (χ4v) is 2.34. The molecule has 0 aliphatic rings. The molecule has 0 saturated heterocycles. The summed E-state index contributed by atoms with van der Waals surface area (Å²) in [4.78, 5) is 6.40. The van der Waals surface area contributed by atoms with E-state index < -0.39 is 0 Å². The van der Waals surface area contributed by atoms with Gasteiger partial charge in [0, 0.05) is 25.5 Å². The highest BCUT2D eigenvalue weighted by atomic mass is 16.5. The van der Waals surface area contributed by atoms with E-state index in [0.29, 0.717) is 6.54 Å². The van der Waals surface area contributed by atoms with E-state index >= 15 is 0 Å². The number of anilines is 1. The fourth-order valence-electron chi connectivity index (χ4n) is 2.34. The Hall–Kier alpha value is -2.07. The first-order chi connectivity index (χ1) is 10.3. The van der Waals surface area contributed by atoms with E-state index in [0.717, 1.165) is 37.4 Å². The molecule has 2 N–H and O–H groups in total. The second-order valence-corrected chi connectivity index (χ2v) is 4.91. The molecule has 0 bridgehead atoms. The lowest BCUT2D eigenvalue weighted by Crippen LogP contribution is -2.28. The Kier molecular flexibility index (Phi) is 6.03. The van der Waals surface area contributed by atoms with Crippen molar-refractivity contribution in [1.82, 2.24) is 4.98 Å². The highest BCUT2D eigenvalue weighted by Gasteiger charge is 2.11. The lowest BCUT2D eigenvalue weighted by atomic mass is 10.1. The third-order valence-corrected chi connectivity index (χ3v) is 3.48. The highest BCUT2D eigenvalue weighted by molar-refractivity contribution is 5.58. The van der Waals surface area contributed by atoms with E-state index in [1.165, 1.54) is 5.56 Å². The van der Waals surface area contributed by atoms with Gasteiger partial charge in [0.15, 0.2) is 0 Å². The molecule has 0 atom stereocenters. The summed E-state index contributed by atoms with van der Waals surface area (Å²) in [7, 11) is 1.71. The number of nitrogens with zero attached hydrogens (tertiary/aromatic N) is 2. The van der Waals surface area contributed by atoms with Crippen LogP contribution >= 0.6 is 0 Å². The van der Waals surface area contributed by atoms with Crippen LogP contribution in [0, 0.1) is 0 Å². The number of benzene rings is 1. The zero-order chi connectivity index (χ0) is 14.9. The number of pyridine rings is 1. The molecule has 4 nitrogen and oxygen atoms in total. The van der Waals surface area contributed by atoms with Crippen molar-refractivity contribution in [1.29, 1.82) is 0 Å². The molecule has 0 fully saturated rings. The Bertz CT molecular complexity index is 531. The third-order valence-electron chi connectivity index (χ3n) is 3.48. The SMILES string of the molecule is COc1ccccc1N(CCCN)CCc1ccncc1. The summed E-state index contributed by atoms with van der Waals surface area (Å²) >= 11 is 0. The summed E-state index contributed by atoms with van der Waals surface area (Å²) in [5.74, 6) is 0.907. The Balaban J connectivity index is 2.10. The van der Waals surface area contributed by atoms with Crippen molar-refractivity contribution in [2.45, 2.75) is 12.8 Å². The molecule has 0 radical (unpaired) electrons. The molecule has 112 valence electrons. The van der Waals surface area contributed by atoms with Gasteiger partial charge < -0.3 is 15.4 Å². The predicted molar refractivity (Wildman–Crippen MR) is 86.8 cm³/mol. The molecule has 0 unspecified atom stereocenters. The number of rotatable bonds is 8. The first-order valence-electron chi connectivity index (χ1n) is 7.32. The number of para-hydroxylation sites is 2. The zero-order valence-corrected chi connectivity index (χ0v) is 12.5. The molecule has 1 aromatic heterocycles. The maximum absolute atomic E-state index is 5.67. The molecule has 21 heavy (non-hydrogen) atoms. The van der Waals surface area contributed by atoms with Gasteiger partial charge in [-0.15, -0.1) is 0 Å². The molecular formula is C17H23N3O. The molecule has 2 rings (SSSR count). The van der Waals surface area contributed by atoms with Crippen LogP contribution in [0.4, 0.5) is 5.69 Å². The van der Waals surface area contributed by atoms with Gasteiger partial charge >= 0.3 is 0 Å². The third kappa shape index (κ3) is 4.46. The summed E-state index contributed by atoms with van der Waals surface area (Å²) < 4.78 is 5.48. The summed E-state index contributed by atoms with van der Waals surface area (Å²) in [6.07, 6.45) is 5.62. The fraction of sp³-hybridized carbons (Fsp3) is 0.353. The monoisotopic (exact) mass is 285 g/mol. The second-order valence-electron chi connectivity index (χ2n) is 4.91. The van der Waals surface area contributed by atoms with Crippen LogP contribution in [0.3, 0.4) is 0 Å². The maximum Gasteiger partial charge on any atom is 0.142 e. The lowest BCUT2D eigenvalue weighted by molar-refractivity contribution is 0.414. The standard InChI is InChI=1S/C17H23N3O/c1-21-17-6-3-2-5-16(17)20(13-4-10-18)14-9-15-7-11-19-12-8-15/h2-3,5-8,11-12H,4,9-10,13-14,18H2,1H3. The number of aromatic nitrogens is 1. The topological polar surface area (TPSA) is 51.4 Å². The number of ether oxygens (including phenoxy) is 1. The van der Waals surface area contributed by atoms with Gasteiger partial charge in [-0.3, -0.25) is 4.98 Å². The first-order valence-corrected chi connectivity index (χ1v) is 7.32. The number of hydrogen-bond acceptors (Lipinski definition) is 4. The van der Waals surface area contributed by atoms with Crippen LogP contribution in [-0.2, 0) is 6.42 Å². The molecule has 0 aliphatic heterocycles. The van der Waals surface area contributed by atoms with E-state index in [2.05, 4.69) is 28.1 Å². The van der Waals surface area contributed by atoms with Gasteiger partial charge in [-0.25, -0.2) is 0 Å². The van der Waals surface area contributed by atoms with E-state index in [1.54, 1.807) is 7.11 Å². The van der Waals surface area contributed by atoms with Crippen molar-refractivity contribution in [2.24, 2.45) is 5.73 Å². The van der Waals surface area contributed by atoms with Crippen molar-refractivity contribution in [3.8, 4) is 5.75 Å². The Labute approximate surface area is 126 Å². The molecule has 0 saturated carbocycles. The number of hydrogen-bond donors (Lipinski definition) is 1. The molecule has 0 amide bonds. The zero-order valence-electron chi connectivity index (χ0n) is 12.5. The first kappa shape index (κ1) is 15.3. The van der Waals surface area contributed by atoms with Crippen LogP contribution < -0.4 is 15.4 Å². The second kappa shape index (κ2) is 8.27. The Morgan fingerprint density at radius 1 is 1.10 bits per heavy atom. The Morgan fingerprint density at radius 3 is 2.57 bits per heavy atom. The minimum absolute atomic E-state index is 0.695. The number of nitrogens with two attached hydrogens (primary N) is 1. The van der Waals surface area contributed by atoms with E-state index in [4.69, 9.17) is 10.5 Å². The molecule has 0 spiro atoms. The molecule has 4 heteroatoms. The summed E-state index contributed by atoms with van der Waals surface area (Å²) in [5, 5.41) is 0. The van der Waals surface area contributed by atoms with Gasteiger partial charge in [-0.05, 0) is 49.2 Å². The van der Waals surface area contributed by atoms with Crippen LogP contribution in [0.25, 0.3) is 0 Å². The minimum atomic E-state index is 0.695. The van der Waals surface area contributed by atoms with Crippen molar-refractivity contribution < 1.29 is 4.74 Å². The van der Waals surface area contributed by atoms with Crippen LogP contribution in [0.5, 0.6) is 5.75 Å². The average molecular weight is 285 g/mol. The average Bonchev–Trinajstić information content (AvgIpc) is 2.56. The van der Waals surface area contributed by atoms with E-state index in [-0.39, 0.29) is 0 Å². The molecular weight excluding hydrogens is 262 g/mol. The van der Waals surface area contributed by atoms with Crippen molar-refractivity contribution >= 4 is 5.69 Å². The predicted octanol–water partition coefficient (Wildman–Crippen LogP) is 2.49. The van der Waals surface area contributed by atoms with Gasteiger partial charge in [0.25, 0.3) is 0 Å². The summed E-state index contributed by atoms with van der Waals surface area (Å²) in [5.41, 5.74) is 8.08. The van der Waals surface area contributed by atoms with Gasteiger partial charge in [0.1, 0.15) is 5.75 Å². The Morgan fingerprint density at radius 2 is 1.86 bits per heavy atom. The number of methoxy groups -OCH3 is 1. The smallest absolute Gasteiger partial charge is 0.142 e. The van der Waals surface area contributed by atoms with Crippen LogP contribution in [0.15, 0.2) is 48.8 Å². The molecule has 1 aromatic carbocycles. The largest absolute Gasteiger partial charge is 0.495 e. The van der Waals surface area contributed by atoms with E-state index in [1.807, 2.05) is 30.6 Å². The van der Waals surface area contributed by atoms with Gasteiger partial charge in [0.2, 0.25) is 0 Å². The van der Waals surface area contributed by atoms with Gasteiger partial charge in [0.05, 0.1) is 12.8 Å².